The third kappa shape index (κ3) is 5.52. The van der Waals surface area contributed by atoms with Gasteiger partial charge in [-0.15, -0.1) is 0 Å². The molecule has 1 amide bonds. The number of ether oxygens (including phenoxy) is 3. The average molecular weight is 409 g/mol. The van der Waals surface area contributed by atoms with E-state index in [-0.39, 0.29) is 11.6 Å². The number of benzene rings is 2. The monoisotopic (exact) mass is 409 g/mol. The lowest BCUT2D eigenvalue weighted by Gasteiger charge is -2.16. The molecule has 156 valence electrons. The number of hydrogen-bond acceptors (Lipinski definition) is 7. The van der Waals surface area contributed by atoms with Gasteiger partial charge in [0.2, 0.25) is 0 Å². The summed E-state index contributed by atoms with van der Waals surface area (Å²) in [7, 11) is 4.38. The number of nitriles is 1. The number of methoxy groups -OCH3 is 3. The van der Waals surface area contributed by atoms with E-state index in [9.17, 15) is 14.9 Å². The van der Waals surface area contributed by atoms with Crippen molar-refractivity contribution in [2.75, 3.05) is 26.6 Å². The molecule has 0 aliphatic heterocycles. The minimum atomic E-state index is -0.529. The van der Waals surface area contributed by atoms with Crippen LogP contribution in [0.15, 0.2) is 54.2 Å². The molecule has 0 spiro atoms. The van der Waals surface area contributed by atoms with Crippen molar-refractivity contribution in [1.82, 2.24) is 5.32 Å². The number of anilines is 1. The Kier molecular flexibility index (Phi) is 7.82. The van der Waals surface area contributed by atoms with Gasteiger partial charge in [-0.05, 0) is 48.9 Å². The fraction of sp³-hybridized carbons (Fsp3) is 0.227. The molecule has 0 aliphatic rings. The molecule has 2 aromatic rings. The molecule has 8 nitrogen and oxygen atoms in total. The van der Waals surface area contributed by atoms with Gasteiger partial charge in [0.25, 0.3) is 5.91 Å². The highest BCUT2D eigenvalue weighted by Crippen LogP contribution is 2.29. The maximum absolute atomic E-state index is 12.5. The molecule has 0 aromatic heterocycles. The Hall–Kier alpha value is -3.99. The Morgan fingerprint density at radius 2 is 1.70 bits per heavy atom. The van der Waals surface area contributed by atoms with Gasteiger partial charge in [0.05, 0.1) is 32.9 Å². The molecule has 0 heterocycles. The molecular weight excluding hydrogens is 386 g/mol. The van der Waals surface area contributed by atoms with Gasteiger partial charge in [0.1, 0.15) is 11.6 Å². The lowest BCUT2D eigenvalue weighted by Crippen LogP contribution is -2.28. The number of nitrogens with zero attached hydrogens (tertiary/aromatic N) is 1. The molecule has 1 atom stereocenters. The Labute approximate surface area is 175 Å². The Bertz CT molecular complexity index is 977. The Morgan fingerprint density at radius 3 is 2.27 bits per heavy atom. The normalized spacial score (nSPS) is 11.6. The van der Waals surface area contributed by atoms with E-state index in [2.05, 4.69) is 15.4 Å². The van der Waals surface area contributed by atoms with Crippen LogP contribution in [0.1, 0.15) is 28.9 Å². The minimum absolute atomic E-state index is 0.0978. The summed E-state index contributed by atoms with van der Waals surface area (Å²) in [6, 6.07) is 13.3. The van der Waals surface area contributed by atoms with Crippen LogP contribution >= 0.6 is 0 Å². The zero-order valence-corrected chi connectivity index (χ0v) is 17.2. The van der Waals surface area contributed by atoms with E-state index in [4.69, 9.17) is 9.47 Å². The van der Waals surface area contributed by atoms with Crippen LogP contribution < -0.4 is 20.1 Å². The second-order valence-electron chi connectivity index (χ2n) is 6.19. The largest absolute Gasteiger partial charge is 0.493 e. The van der Waals surface area contributed by atoms with E-state index in [1.807, 2.05) is 12.1 Å². The standard InChI is InChI=1S/C22H23N3O5/c1-14(16-7-10-19(28-2)20(11-16)29-3)25-21(26)17(12-23)13-24-18-8-5-15(6-9-18)22(27)30-4/h5-11,13-14,24H,1-4H3,(H,25,26)/b17-13-. The van der Waals surface area contributed by atoms with Gasteiger partial charge in [-0.25, -0.2) is 4.79 Å². The van der Waals surface area contributed by atoms with Crippen molar-refractivity contribution in [3.63, 3.8) is 0 Å². The van der Waals surface area contributed by atoms with Crippen molar-refractivity contribution in [2.24, 2.45) is 0 Å². The van der Waals surface area contributed by atoms with Gasteiger partial charge < -0.3 is 24.8 Å². The van der Waals surface area contributed by atoms with E-state index in [0.29, 0.717) is 22.7 Å². The van der Waals surface area contributed by atoms with E-state index in [1.54, 1.807) is 50.4 Å². The SMILES string of the molecule is COC(=O)c1ccc(N/C=C(/C#N)C(=O)NC(C)c2ccc(OC)c(OC)c2)cc1. The van der Waals surface area contributed by atoms with E-state index in [1.165, 1.54) is 20.4 Å². The summed E-state index contributed by atoms with van der Waals surface area (Å²) in [5.74, 6) is 0.154. The molecule has 2 rings (SSSR count). The van der Waals surface area contributed by atoms with Crippen LogP contribution in [0.4, 0.5) is 5.69 Å². The van der Waals surface area contributed by atoms with Crippen molar-refractivity contribution in [1.29, 1.82) is 5.26 Å². The van der Waals surface area contributed by atoms with Crippen LogP contribution in [0.3, 0.4) is 0 Å². The van der Waals surface area contributed by atoms with Crippen LogP contribution in [0.25, 0.3) is 0 Å². The van der Waals surface area contributed by atoms with Crippen molar-refractivity contribution in [2.45, 2.75) is 13.0 Å². The summed E-state index contributed by atoms with van der Waals surface area (Å²) < 4.78 is 15.1. The third-order valence-corrected chi connectivity index (χ3v) is 4.31. The molecule has 0 fully saturated rings. The number of hydrogen-bond donors (Lipinski definition) is 2. The summed E-state index contributed by atoms with van der Waals surface area (Å²) in [5.41, 5.74) is 1.70. The summed E-state index contributed by atoms with van der Waals surface area (Å²) in [4.78, 5) is 23.9. The smallest absolute Gasteiger partial charge is 0.337 e. The van der Waals surface area contributed by atoms with Crippen LogP contribution in [0, 0.1) is 11.3 Å². The Balaban J connectivity index is 2.07. The molecule has 0 saturated heterocycles. The fourth-order valence-corrected chi connectivity index (χ4v) is 2.60. The molecule has 0 bridgehead atoms. The van der Waals surface area contributed by atoms with Gasteiger partial charge in [0, 0.05) is 11.9 Å². The van der Waals surface area contributed by atoms with Gasteiger partial charge in [0.15, 0.2) is 11.5 Å². The van der Waals surface area contributed by atoms with Gasteiger partial charge in [-0.2, -0.15) is 5.26 Å². The predicted molar refractivity (Wildman–Crippen MR) is 111 cm³/mol. The average Bonchev–Trinajstić information content (AvgIpc) is 2.78. The zero-order valence-electron chi connectivity index (χ0n) is 17.2. The molecule has 0 aliphatic carbocycles. The second kappa shape index (κ2) is 10.5. The molecule has 0 saturated carbocycles. The third-order valence-electron chi connectivity index (χ3n) is 4.31. The topological polar surface area (TPSA) is 110 Å². The van der Waals surface area contributed by atoms with Gasteiger partial charge >= 0.3 is 5.97 Å². The highest BCUT2D eigenvalue weighted by Gasteiger charge is 2.15. The van der Waals surface area contributed by atoms with Gasteiger partial charge in [-0.3, -0.25) is 4.79 Å². The van der Waals surface area contributed by atoms with Crippen molar-refractivity contribution in [3.8, 4) is 17.6 Å². The maximum Gasteiger partial charge on any atom is 0.337 e. The van der Waals surface area contributed by atoms with Crippen LogP contribution in [-0.4, -0.2) is 33.2 Å². The highest BCUT2D eigenvalue weighted by molar-refractivity contribution is 5.97. The van der Waals surface area contributed by atoms with Crippen LogP contribution in [0.5, 0.6) is 11.5 Å². The number of nitrogens with one attached hydrogen (secondary N) is 2. The van der Waals surface area contributed by atoms with Crippen LogP contribution in [-0.2, 0) is 9.53 Å². The molecular formula is C22H23N3O5. The maximum atomic E-state index is 12.5. The molecule has 1 unspecified atom stereocenters. The summed E-state index contributed by atoms with van der Waals surface area (Å²) in [6.45, 7) is 1.80. The lowest BCUT2D eigenvalue weighted by atomic mass is 10.1. The number of amides is 1. The second-order valence-corrected chi connectivity index (χ2v) is 6.19. The number of esters is 1. The summed E-state index contributed by atoms with van der Waals surface area (Å²) in [6.07, 6.45) is 1.31. The van der Waals surface area contributed by atoms with Crippen LogP contribution in [0.2, 0.25) is 0 Å². The fourth-order valence-electron chi connectivity index (χ4n) is 2.60. The predicted octanol–water partition coefficient (Wildman–Crippen LogP) is 3.19. The molecule has 0 radical (unpaired) electrons. The Morgan fingerprint density at radius 1 is 1.03 bits per heavy atom. The van der Waals surface area contributed by atoms with Gasteiger partial charge in [-0.1, -0.05) is 6.07 Å². The first-order chi connectivity index (χ1) is 14.4. The quantitative estimate of drug-likeness (QED) is 0.391. The van der Waals surface area contributed by atoms with E-state index >= 15 is 0 Å². The molecule has 8 heteroatoms. The number of rotatable bonds is 8. The zero-order chi connectivity index (χ0) is 22.1. The van der Waals surface area contributed by atoms with E-state index in [0.717, 1.165) is 5.56 Å². The summed E-state index contributed by atoms with van der Waals surface area (Å²) >= 11 is 0. The highest BCUT2D eigenvalue weighted by atomic mass is 16.5. The first-order valence-corrected chi connectivity index (χ1v) is 9.01. The minimum Gasteiger partial charge on any atom is -0.493 e. The first-order valence-electron chi connectivity index (χ1n) is 9.01. The number of carbonyl (C=O) groups is 2. The summed E-state index contributed by atoms with van der Waals surface area (Å²) in [5, 5.41) is 15.0. The lowest BCUT2D eigenvalue weighted by molar-refractivity contribution is -0.117. The van der Waals surface area contributed by atoms with Crippen molar-refractivity contribution in [3.05, 3.63) is 65.4 Å². The molecule has 30 heavy (non-hydrogen) atoms. The van der Waals surface area contributed by atoms with E-state index < -0.39 is 11.9 Å². The molecule has 2 aromatic carbocycles. The van der Waals surface area contributed by atoms with Crippen molar-refractivity contribution >= 4 is 17.6 Å². The number of carbonyl (C=O) groups excluding carboxylic acids is 2. The molecule has 2 N–H and O–H groups in total. The van der Waals surface area contributed by atoms with Crippen molar-refractivity contribution < 1.29 is 23.8 Å². The first kappa shape index (κ1) is 22.3.